The van der Waals surface area contributed by atoms with Crippen molar-refractivity contribution in [3.8, 4) is 11.5 Å². The number of aryl methyl sites for hydroxylation is 2. The van der Waals surface area contributed by atoms with Gasteiger partial charge < -0.3 is 9.47 Å². The standard InChI is InChI=1S/C28H24N2O4/c1-19-10-13-24(16-20(19)2)33-18-27(31)30-29-17-21-11-14-23(15-12-21)34-28(32)26-9-5-7-22-6-3-4-8-25(22)26/h3-17H,18H2,1-2H3,(H,30,31)/b29-17+. The average Bonchev–Trinajstić information content (AvgIpc) is 2.85. The molecule has 0 fully saturated rings. The Hall–Kier alpha value is -4.45. The maximum atomic E-state index is 12.7. The van der Waals surface area contributed by atoms with E-state index in [0.717, 1.165) is 27.5 Å². The first-order chi connectivity index (χ1) is 16.5. The minimum atomic E-state index is -0.422. The molecule has 34 heavy (non-hydrogen) atoms. The molecule has 4 rings (SSSR count). The third-order valence-electron chi connectivity index (χ3n) is 5.35. The molecule has 0 radical (unpaired) electrons. The number of esters is 1. The van der Waals surface area contributed by atoms with Crippen LogP contribution in [-0.2, 0) is 4.79 Å². The minimum absolute atomic E-state index is 0.136. The highest BCUT2D eigenvalue weighted by Gasteiger charge is 2.12. The van der Waals surface area contributed by atoms with E-state index in [9.17, 15) is 9.59 Å². The summed E-state index contributed by atoms with van der Waals surface area (Å²) in [5.74, 6) is 0.265. The number of carbonyl (C=O) groups is 2. The molecule has 0 aliphatic carbocycles. The molecule has 0 aliphatic rings. The van der Waals surface area contributed by atoms with E-state index in [4.69, 9.17) is 9.47 Å². The van der Waals surface area contributed by atoms with Gasteiger partial charge in [0.2, 0.25) is 0 Å². The fourth-order valence-corrected chi connectivity index (χ4v) is 3.35. The second-order valence-electron chi connectivity index (χ2n) is 7.81. The molecule has 6 heteroatoms. The van der Waals surface area contributed by atoms with Crippen molar-refractivity contribution in [3.63, 3.8) is 0 Å². The number of hydrogen-bond acceptors (Lipinski definition) is 5. The van der Waals surface area contributed by atoms with Crippen LogP contribution in [0.5, 0.6) is 11.5 Å². The molecular weight excluding hydrogens is 428 g/mol. The van der Waals surface area contributed by atoms with E-state index in [0.29, 0.717) is 17.1 Å². The highest BCUT2D eigenvalue weighted by atomic mass is 16.5. The molecule has 0 atom stereocenters. The number of fused-ring (bicyclic) bond motifs is 1. The molecule has 1 N–H and O–H groups in total. The molecule has 1 amide bonds. The Kier molecular flexibility index (Phi) is 6.98. The fourth-order valence-electron chi connectivity index (χ4n) is 3.35. The highest BCUT2D eigenvalue weighted by molar-refractivity contribution is 6.05. The summed E-state index contributed by atoms with van der Waals surface area (Å²) in [7, 11) is 0. The van der Waals surface area contributed by atoms with Gasteiger partial charge in [0.05, 0.1) is 11.8 Å². The summed E-state index contributed by atoms with van der Waals surface area (Å²) in [6.07, 6.45) is 1.50. The van der Waals surface area contributed by atoms with E-state index in [2.05, 4.69) is 10.5 Å². The molecule has 0 unspecified atom stereocenters. The summed E-state index contributed by atoms with van der Waals surface area (Å²) in [5.41, 5.74) is 5.94. The van der Waals surface area contributed by atoms with Crippen LogP contribution in [0.1, 0.15) is 27.0 Å². The van der Waals surface area contributed by atoms with Crippen molar-refractivity contribution < 1.29 is 19.1 Å². The summed E-state index contributed by atoms with van der Waals surface area (Å²) >= 11 is 0. The van der Waals surface area contributed by atoms with Crippen LogP contribution in [0.15, 0.2) is 90.0 Å². The number of hydrogen-bond donors (Lipinski definition) is 1. The van der Waals surface area contributed by atoms with Gasteiger partial charge in [-0.2, -0.15) is 5.10 Å². The van der Waals surface area contributed by atoms with E-state index in [1.165, 1.54) is 6.21 Å². The maximum Gasteiger partial charge on any atom is 0.344 e. The van der Waals surface area contributed by atoms with Gasteiger partial charge in [0, 0.05) is 0 Å². The van der Waals surface area contributed by atoms with Crippen LogP contribution in [0.3, 0.4) is 0 Å². The van der Waals surface area contributed by atoms with Gasteiger partial charge in [0.1, 0.15) is 11.5 Å². The molecule has 170 valence electrons. The maximum absolute atomic E-state index is 12.7. The van der Waals surface area contributed by atoms with E-state index >= 15 is 0 Å². The summed E-state index contributed by atoms with van der Waals surface area (Å²) < 4.78 is 11.0. The van der Waals surface area contributed by atoms with Crippen LogP contribution < -0.4 is 14.9 Å². The Bertz CT molecular complexity index is 1360. The molecule has 0 aromatic heterocycles. The molecule has 0 bridgehead atoms. The van der Waals surface area contributed by atoms with E-state index in [-0.39, 0.29) is 12.5 Å². The van der Waals surface area contributed by atoms with Crippen molar-refractivity contribution in [2.45, 2.75) is 13.8 Å². The first-order valence-electron chi connectivity index (χ1n) is 10.8. The van der Waals surface area contributed by atoms with Gasteiger partial charge in [-0.25, -0.2) is 10.2 Å². The van der Waals surface area contributed by atoms with Crippen LogP contribution in [0.2, 0.25) is 0 Å². The van der Waals surface area contributed by atoms with Crippen molar-refractivity contribution >= 4 is 28.9 Å². The summed E-state index contributed by atoms with van der Waals surface area (Å²) in [6.45, 7) is 3.87. The lowest BCUT2D eigenvalue weighted by Gasteiger charge is -2.08. The Morgan fingerprint density at radius 2 is 1.59 bits per heavy atom. The lowest BCUT2D eigenvalue weighted by Crippen LogP contribution is -2.24. The van der Waals surface area contributed by atoms with Gasteiger partial charge >= 0.3 is 5.97 Å². The third-order valence-corrected chi connectivity index (χ3v) is 5.35. The zero-order valence-electron chi connectivity index (χ0n) is 18.9. The largest absolute Gasteiger partial charge is 0.484 e. The number of ether oxygens (including phenoxy) is 2. The average molecular weight is 453 g/mol. The number of hydrazone groups is 1. The Morgan fingerprint density at radius 1 is 0.853 bits per heavy atom. The molecule has 4 aromatic rings. The van der Waals surface area contributed by atoms with E-state index < -0.39 is 5.97 Å². The van der Waals surface area contributed by atoms with Crippen molar-refractivity contribution in [1.29, 1.82) is 0 Å². The van der Waals surface area contributed by atoms with Crippen molar-refractivity contribution in [1.82, 2.24) is 5.43 Å². The van der Waals surface area contributed by atoms with Crippen LogP contribution in [0.25, 0.3) is 10.8 Å². The number of benzene rings is 4. The van der Waals surface area contributed by atoms with Gasteiger partial charge in [-0.1, -0.05) is 42.5 Å². The number of rotatable bonds is 7. The normalized spacial score (nSPS) is 10.9. The Morgan fingerprint density at radius 3 is 2.38 bits per heavy atom. The predicted octanol–water partition coefficient (Wildman–Crippen LogP) is 5.20. The zero-order valence-corrected chi connectivity index (χ0v) is 18.9. The first-order valence-corrected chi connectivity index (χ1v) is 10.8. The molecule has 4 aromatic carbocycles. The second-order valence-corrected chi connectivity index (χ2v) is 7.81. The quantitative estimate of drug-likeness (QED) is 0.181. The van der Waals surface area contributed by atoms with Crippen LogP contribution in [-0.4, -0.2) is 24.7 Å². The minimum Gasteiger partial charge on any atom is -0.484 e. The van der Waals surface area contributed by atoms with Crippen LogP contribution in [0, 0.1) is 13.8 Å². The molecule has 0 saturated heterocycles. The fraction of sp³-hybridized carbons (Fsp3) is 0.107. The van der Waals surface area contributed by atoms with E-state index in [1.807, 2.05) is 68.4 Å². The molecule has 6 nitrogen and oxygen atoms in total. The Balaban J connectivity index is 1.29. The van der Waals surface area contributed by atoms with E-state index in [1.54, 1.807) is 30.3 Å². The van der Waals surface area contributed by atoms with Gasteiger partial charge in [-0.05, 0) is 83.8 Å². The summed E-state index contributed by atoms with van der Waals surface area (Å²) in [4.78, 5) is 24.6. The first kappa shape index (κ1) is 22.7. The topological polar surface area (TPSA) is 77.0 Å². The second kappa shape index (κ2) is 10.4. The number of nitrogens with one attached hydrogen (secondary N) is 1. The zero-order chi connectivity index (χ0) is 23.9. The highest BCUT2D eigenvalue weighted by Crippen LogP contribution is 2.21. The number of amides is 1. The smallest absolute Gasteiger partial charge is 0.344 e. The predicted molar refractivity (Wildman–Crippen MR) is 132 cm³/mol. The third kappa shape index (κ3) is 5.66. The van der Waals surface area contributed by atoms with Gasteiger partial charge in [0.15, 0.2) is 6.61 Å². The Labute approximate surface area is 197 Å². The lowest BCUT2D eigenvalue weighted by atomic mass is 10.0. The molecule has 0 heterocycles. The molecule has 0 saturated carbocycles. The number of nitrogens with zero attached hydrogens (tertiary/aromatic N) is 1. The van der Waals surface area contributed by atoms with Crippen molar-refractivity contribution in [3.05, 3.63) is 107 Å². The van der Waals surface area contributed by atoms with Crippen molar-refractivity contribution in [2.75, 3.05) is 6.61 Å². The molecule has 0 aliphatic heterocycles. The molecule has 0 spiro atoms. The van der Waals surface area contributed by atoms with Gasteiger partial charge in [-0.3, -0.25) is 4.79 Å². The number of carbonyl (C=O) groups excluding carboxylic acids is 2. The van der Waals surface area contributed by atoms with Crippen LogP contribution in [0.4, 0.5) is 0 Å². The summed E-state index contributed by atoms with van der Waals surface area (Å²) in [5, 5.41) is 5.77. The van der Waals surface area contributed by atoms with Crippen molar-refractivity contribution in [2.24, 2.45) is 5.10 Å². The molecular formula is C28H24N2O4. The SMILES string of the molecule is Cc1ccc(OCC(=O)N/N=C/c2ccc(OC(=O)c3cccc4ccccc34)cc2)cc1C. The monoisotopic (exact) mass is 452 g/mol. The summed E-state index contributed by atoms with van der Waals surface area (Å²) in [6, 6.07) is 25.7. The van der Waals surface area contributed by atoms with Gasteiger partial charge in [0.25, 0.3) is 5.91 Å². The van der Waals surface area contributed by atoms with Gasteiger partial charge in [-0.15, -0.1) is 0 Å². The lowest BCUT2D eigenvalue weighted by molar-refractivity contribution is -0.123. The van der Waals surface area contributed by atoms with Crippen LogP contribution >= 0.6 is 0 Å².